The van der Waals surface area contributed by atoms with Crippen molar-refractivity contribution in [2.24, 2.45) is 5.41 Å². The summed E-state index contributed by atoms with van der Waals surface area (Å²) in [5, 5.41) is 0. The van der Waals surface area contributed by atoms with Crippen molar-refractivity contribution in [3.63, 3.8) is 0 Å². The molecule has 0 heteroatoms. The summed E-state index contributed by atoms with van der Waals surface area (Å²) < 4.78 is 0. The second-order valence-corrected chi connectivity index (χ2v) is 3.32. The fourth-order valence-corrected chi connectivity index (χ4v) is 1.75. The predicted molar refractivity (Wildman–Crippen MR) is 34.3 cm³/mol. The van der Waals surface area contributed by atoms with Gasteiger partial charge in [0.15, 0.2) is 0 Å². The molecule has 1 fully saturated rings. The highest BCUT2D eigenvalue weighted by molar-refractivity contribution is 5.28. The van der Waals surface area contributed by atoms with Crippen molar-refractivity contribution < 1.29 is 0 Å². The van der Waals surface area contributed by atoms with Crippen molar-refractivity contribution in [2.45, 2.75) is 26.2 Å². The summed E-state index contributed by atoms with van der Waals surface area (Å²) in [5.74, 6) is 1.67. The van der Waals surface area contributed by atoms with Gasteiger partial charge in [0.05, 0.1) is 0 Å². The van der Waals surface area contributed by atoms with E-state index in [-0.39, 0.29) is 0 Å². The Morgan fingerprint density at radius 2 is 2.50 bits per heavy atom. The average molecular weight is 107 g/mol. The van der Waals surface area contributed by atoms with Crippen LogP contribution in [0.25, 0.3) is 0 Å². The maximum Gasteiger partial charge on any atom is -0.00183 e. The Labute approximate surface area is 50.6 Å². The van der Waals surface area contributed by atoms with Crippen LogP contribution in [-0.4, -0.2) is 0 Å². The Hall–Kier alpha value is -0.260. The van der Waals surface area contributed by atoms with Crippen molar-refractivity contribution in [3.05, 3.63) is 18.1 Å². The van der Waals surface area contributed by atoms with E-state index in [2.05, 4.69) is 19.1 Å². The van der Waals surface area contributed by atoms with Gasteiger partial charge in [-0.1, -0.05) is 19.1 Å². The fraction of sp³-hybridized carbons (Fsp3) is 0.625. The summed E-state index contributed by atoms with van der Waals surface area (Å²) in [6.45, 7) is 2.35. The lowest BCUT2D eigenvalue weighted by Crippen LogP contribution is -2.02. The molecule has 0 saturated heterocycles. The molecule has 0 aliphatic heterocycles. The first-order valence-electron chi connectivity index (χ1n) is 3.32. The monoisotopic (exact) mass is 107 g/mol. The van der Waals surface area contributed by atoms with Gasteiger partial charge in [0, 0.05) is 0 Å². The van der Waals surface area contributed by atoms with E-state index in [1.165, 1.54) is 19.3 Å². The van der Waals surface area contributed by atoms with Gasteiger partial charge in [-0.15, -0.1) is 0 Å². The van der Waals surface area contributed by atoms with Gasteiger partial charge in [-0.3, -0.25) is 0 Å². The molecule has 2 bridgehead atoms. The molecule has 0 heterocycles. The van der Waals surface area contributed by atoms with Crippen LogP contribution in [-0.2, 0) is 0 Å². The van der Waals surface area contributed by atoms with Gasteiger partial charge in [0.25, 0.3) is 0 Å². The van der Waals surface area contributed by atoms with Crippen molar-refractivity contribution in [2.75, 3.05) is 0 Å². The van der Waals surface area contributed by atoms with Crippen LogP contribution in [0, 0.1) is 11.3 Å². The van der Waals surface area contributed by atoms with Gasteiger partial charge in [-0.05, 0) is 30.6 Å². The van der Waals surface area contributed by atoms with Crippen molar-refractivity contribution >= 4 is 0 Å². The molecule has 1 saturated carbocycles. The summed E-state index contributed by atoms with van der Waals surface area (Å²) >= 11 is 0. The Morgan fingerprint density at radius 1 is 1.62 bits per heavy atom. The number of hydrogen-bond donors (Lipinski definition) is 0. The molecule has 0 amide bonds. The molecule has 2 aliphatic rings. The van der Waals surface area contributed by atoms with Gasteiger partial charge in [0.2, 0.25) is 0 Å². The minimum Gasteiger partial charge on any atom is -0.0820 e. The normalized spacial score (nSPS) is 44.1. The van der Waals surface area contributed by atoms with Crippen LogP contribution in [0.15, 0.2) is 12.2 Å². The van der Waals surface area contributed by atoms with E-state index in [1.807, 2.05) is 0 Å². The van der Waals surface area contributed by atoms with E-state index in [0.29, 0.717) is 5.41 Å². The number of fused-ring (bicyclic) bond motifs is 2. The third-order valence-electron chi connectivity index (χ3n) is 2.37. The molecule has 1 unspecified atom stereocenters. The molecule has 0 aromatic heterocycles. The molecule has 0 spiro atoms. The Kier molecular flexibility index (Phi) is 0.677. The highest BCUT2D eigenvalue weighted by Gasteiger charge is 2.36. The van der Waals surface area contributed by atoms with Gasteiger partial charge in [0.1, 0.15) is 0 Å². The maximum absolute atomic E-state index is 2.37. The number of hydrogen-bond acceptors (Lipinski definition) is 0. The summed E-state index contributed by atoms with van der Waals surface area (Å²) in [6, 6.07) is 0. The van der Waals surface area contributed by atoms with Crippen molar-refractivity contribution in [1.29, 1.82) is 0 Å². The topological polar surface area (TPSA) is 0 Å². The molecular formula is C8H11. The molecule has 0 aromatic carbocycles. The van der Waals surface area contributed by atoms with Crippen LogP contribution in [0.3, 0.4) is 0 Å². The third kappa shape index (κ3) is 0.460. The van der Waals surface area contributed by atoms with Crippen LogP contribution < -0.4 is 0 Å². The smallest absolute Gasteiger partial charge is 0.00183 e. The van der Waals surface area contributed by atoms with E-state index in [4.69, 9.17) is 0 Å². The Balaban J connectivity index is 2.33. The van der Waals surface area contributed by atoms with Crippen molar-refractivity contribution in [1.82, 2.24) is 0 Å². The first-order chi connectivity index (χ1) is 3.79. The molecular weight excluding hydrogens is 96.1 g/mol. The first kappa shape index (κ1) is 4.60. The van der Waals surface area contributed by atoms with E-state index in [0.717, 1.165) is 0 Å². The van der Waals surface area contributed by atoms with E-state index in [9.17, 15) is 0 Å². The summed E-state index contributed by atoms with van der Waals surface area (Å²) in [7, 11) is 0. The largest absolute Gasteiger partial charge is 0.0820 e. The zero-order chi connectivity index (χ0) is 5.61. The first-order valence-corrected chi connectivity index (χ1v) is 3.32. The van der Waals surface area contributed by atoms with E-state index >= 15 is 0 Å². The van der Waals surface area contributed by atoms with Crippen LogP contribution in [0.4, 0.5) is 0 Å². The summed E-state index contributed by atoms with van der Waals surface area (Å²) in [6.07, 6.45) is 8.80. The van der Waals surface area contributed by atoms with Gasteiger partial charge < -0.3 is 0 Å². The molecule has 0 N–H and O–H groups in total. The quantitative estimate of drug-likeness (QED) is 0.445. The highest BCUT2D eigenvalue weighted by Crippen LogP contribution is 2.49. The Morgan fingerprint density at radius 3 is 2.62 bits per heavy atom. The third-order valence-corrected chi connectivity index (χ3v) is 2.37. The molecule has 8 heavy (non-hydrogen) atoms. The van der Waals surface area contributed by atoms with E-state index in [1.54, 1.807) is 5.92 Å². The molecule has 2 aliphatic carbocycles. The zero-order valence-electron chi connectivity index (χ0n) is 5.28. The molecule has 0 nitrogen and oxygen atoms in total. The highest BCUT2D eigenvalue weighted by atomic mass is 14.4. The van der Waals surface area contributed by atoms with E-state index < -0.39 is 0 Å². The molecule has 0 aromatic rings. The van der Waals surface area contributed by atoms with Crippen molar-refractivity contribution in [3.8, 4) is 0 Å². The van der Waals surface area contributed by atoms with Crippen LogP contribution in [0.5, 0.6) is 0 Å². The average Bonchev–Trinajstić information content (AvgIpc) is 2.21. The SMILES string of the molecule is CC12C=C[C](CC1)C2. The van der Waals surface area contributed by atoms with Gasteiger partial charge >= 0.3 is 0 Å². The molecule has 43 valence electrons. The molecule has 1 atom stereocenters. The van der Waals surface area contributed by atoms with Gasteiger partial charge in [-0.2, -0.15) is 0 Å². The second kappa shape index (κ2) is 1.18. The molecule has 1 radical (unpaired) electrons. The minimum absolute atomic E-state index is 0.593. The van der Waals surface area contributed by atoms with Gasteiger partial charge in [-0.25, -0.2) is 0 Å². The minimum atomic E-state index is 0.593. The van der Waals surface area contributed by atoms with Crippen LogP contribution in [0.1, 0.15) is 26.2 Å². The number of rotatable bonds is 0. The molecule has 2 rings (SSSR count). The maximum atomic E-state index is 2.37. The lowest BCUT2D eigenvalue weighted by molar-refractivity contribution is 0.460. The fourth-order valence-electron chi connectivity index (χ4n) is 1.75. The standard InChI is InChI=1S/C8H11/c1-8-4-2-7(6-8)3-5-8/h2,4H,3,5-6H2,1H3. The zero-order valence-corrected chi connectivity index (χ0v) is 5.28. The summed E-state index contributed by atoms with van der Waals surface area (Å²) in [4.78, 5) is 0. The second-order valence-electron chi connectivity index (χ2n) is 3.32. The van der Waals surface area contributed by atoms with Crippen LogP contribution in [0.2, 0.25) is 0 Å². The predicted octanol–water partition coefficient (Wildman–Crippen LogP) is 2.32. The summed E-state index contributed by atoms with van der Waals surface area (Å²) in [5.41, 5.74) is 0.593. The number of allylic oxidation sites excluding steroid dienone is 2. The Bertz CT molecular complexity index is 135. The lowest BCUT2D eigenvalue weighted by Gasteiger charge is -2.14. The lowest BCUT2D eigenvalue weighted by atomic mass is 9.91. The van der Waals surface area contributed by atoms with Crippen LogP contribution >= 0.6 is 0 Å².